The Morgan fingerprint density at radius 3 is 2.75 bits per heavy atom. The molecule has 5 nitrogen and oxygen atoms in total. The lowest BCUT2D eigenvalue weighted by Gasteiger charge is -2.17. The summed E-state index contributed by atoms with van der Waals surface area (Å²) in [5, 5.41) is 4.12. The second-order valence-corrected chi connectivity index (χ2v) is 8.77. The van der Waals surface area contributed by atoms with E-state index in [1.54, 1.807) is 22.8 Å². The number of carbonyl (C=O) groups excluding carboxylic acids is 1. The highest BCUT2D eigenvalue weighted by Crippen LogP contribution is 2.28. The largest absolute Gasteiger partial charge is 0.352 e. The van der Waals surface area contributed by atoms with Gasteiger partial charge in [0.1, 0.15) is 0 Å². The lowest BCUT2D eigenvalue weighted by atomic mass is 10.2. The fourth-order valence-electron chi connectivity index (χ4n) is 3.00. The topological polar surface area (TPSA) is 64.0 Å². The Balaban J connectivity index is 1.84. The minimum Gasteiger partial charge on any atom is -0.352 e. The van der Waals surface area contributed by atoms with E-state index in [9.17, 15) is 9.59 Å². The summed E-state index contributed by atoms with van der Waals surface area (Å²) in [6.45, 7) is 3.78. The number of nitrogens with one attached hydrogen (secondary N) is 1. The minimum absolute atomic E-state index is 0.0377. The summed E-state index contributed by atoms with van der Waals surface area (Å²) in [7, 11) is 0. The normalized spacial score (nSPS) is 14.8. The molecular formula is C21H20ClN3O2S. The van der Waals surface area contributed by atoms with Crippen molar-refractivity contribution in [2.75, 3.05) is 0 Å². The van der Waals surface area contributed by atoms with Crippen LogP contribution in [0, 0.1) is 6.92 Å². The van der Waals surface area contributed by atoms with Crippen LogP contribution in [0.15, 0.2) is 52.4 Å². The summed E-state index contributed by atoms with van der Waals surface area (Å²) in [5.74, 6) is -0.0377. The summed E-state index contributed by atoms with van der Waals surface area (Å²) in [6.07, 6.45) is 2.06. The molecule has 1 aromatic heterocycles. The van der Waals surface area contributed by atoms with Crippen molar-refractivity contribution in [1.29, 1.82) is 0 Å². The van der Waals surface area contributed by atoms with Crippen molar-refractivity contribution in [1.82, 2.24) is 14.9 Å². The molecule has 1 unspecified atom stereocenters. The third-order valence-corrected chi connectivity index (χ3v) is 6.02. The van der Waals surface area contributed by atoms with Gasteiger partial charge in [0.25, 0.3) is 5.56 Å². The highest BCUT2D eigenvalue weighted by atomic mass is 35.5. The van der Waals surface area contributed by atoms with Gasteiger partial charge in [-0.2, -0.15) is 0 Å². The molecule has 1 N–H and O–H groups in total. The summed E-state index contributed by atoms with van der Waals surface area (Å²) in [6, 6.07) is 13.0. The molecule has 1 atom stereocenters. The Morgan fingerprint density at radius 1 is 1.29 bits per heavy atom. The van der Waals surface area contributed by atoms with Crippen LogP contribution >= 0.6 is 23.4 Å². The molecule has 0 aliphatic heterocycles. The molecule has 1 fully saturated rings. The summed E-state index contributed by atoms with van der Waals surface area (Å²) < 4.78 is 1.59. The Kier molecular flexibility index (Phi) is 5.17. The minimum atomic E-state index is -0.376. The van der Waals surface area contributed by atoms with Crippen LogP contribution in [0.5, 0.6) is 0 Å². The Labute approximate surface area is 172 Å². The summed E-state index contributed by atoms with van der Waals surface area (Å²) in [4.78, 5) is 30.5. The van der Waals surface area contributed by atoms with Gasteiger partial charge in [-0.05, 0) is 56.5 Å². The van der Waals surface area contributed by atoms with Crippen LogP contribution < -0.4 is 10.9 Å². The second kappa shape index (κ2) is 7.60. The molecule has 1 heterocycles. The van der Waals surface area contributed by atoms with E-state index in [2.05, 4.69) is 5.32 Å². The lowest BCUT2D eigenvalue weighted by Crippen LogP contribution is -2.33. The predicted molar refractivity (Wildman–Crippen MR) is 114 cm³/mol. The molecular weight excluding hydrogens is 394 g/mol. The number of rotatable bonds is 5. The SMILES string of the molecule is Cc1ccccc1-n1c(SC(C)C(=O)NC2CC2)nc2cc(Cl)ccc2c1=O. The van der Waals surface area contributed by atoms with E-state index < -0.39 is 0 Å². The van der Waals surface area contributed by atoms with Crippen LogP contribution in [0.25, 0.3) is 16.6 Å². The van der Waals surface area contributed by atoms with Gasteiger partial charge in [0, 0.05) is 11.1 Å². The van der Waals surface area contributed by atoms with Gasteiger partial charge in [-0.15, -0.1) is 0 Å². The van der Waals surface area contributed by atoms with E-state index in [4.69, 9.17) is 16.6 Å². The molecule has 1 aliphatic rings. The molecule has 1 aliphatic carbocycles. The smallest absolute Gasteiger partial charge is 0.266 e. The van der Waals surface area contributed by atoms with Crippen molar-refractivity contribution in [3.8, 4) is 5.69 Å². The standard InChI is InChI=1S/C21H20ClN3O2S/c1-12-5-3-4-6-18(12)25-20(27)16-10-7-14(22)11-17(16)24-21(25)28-13(2)19(26)23-15-8-9-15/h3-7,10-11,13,15H,8-9H2,1-2H3,(H,23,26). The second-order valence-electron chi connectivity index (χ2n) is 7.03. The molecule has 28 heavy (non-hydrogen) atoms. The van der Waals surface area contributed by atoms with Crippen LogP contribution in [-0.2, 0) is 4.79 Å². The van der Waals surface area contributed by atoms with Crippen molar-refractivity contribution in [3.05, 3.63) is 63.4 Å². The number of fused-ring (bicyclic) bond motifs is 1. The van der Waals surface area contributed by atoms with Gasteiger partial charge in [-0.1, -0.05) is 41.6 Å². The molecule has 2 aromatic carbocycles. The maximum absolute atomic E-state index is 13.3. The number of hydrogen-bond donors (Lipinski definition) is 1. The molecule has 0 radical (unpaired) electrons. The van der Waals surface area contributed by atoms with E-state index in [1.807, 2.05) is 38.1 Å². The first-order valence-corrected chi connectivity index (χ1v) is 10.4. The fraction of sp³-hybridized carbons (Fsp3) is 0.286. The average molecular weight is 414 g/mol. The van der Waals surface area contributed by atoms with E-state index in [0.29, 0.717) is 21.1 Å². The third-order valence-electron chi connectivity index (χ3n) is 4.73. The molecule has 144 valence electrons. The maximum Gasteiger partial charge on any atom is 0.266 e. The zero-order valence-electron chi connectivity index (χ0n) is 15.6. The number of halogens is 1. The van der Waals surface area contributed by atoms with Crippen molar-refractivity contribution in [3.63, 3.8) is 0 Å². The zero-order chi connectivity index (χ0) is 19.8. The Hall–Kier alpha value is -2.31. The highest BCUT2D eigenvalue weighted by Gasteiger charge is 2.27. The molecule has 7 heteroatoms. The van der Waals surface area contributed by atoms with Crippen LogP contribution in [0.4, 0.5) is 0 Å². The third kappa shape index (κ3) is 3.80. The number of aryl methyl sites for hydroxylation is 1. The van der Waals surface area contributed by atoms with Gasteiger partial charge in [-0.25, -0.2) is 4.98 Å². The first-order valence-electron chi connectivity index (χ1n) is 9.19. The van der Waals surface area contributed by atoms with Gasteiger partial charge in [0.15, 0.2) is 5.16 Å². The lowest BCUT2D eigenvalue weighted by molar-refractivity contribution is -0.120. The number of amides is 1. The van der Waals surface area contributed by atoms with Crippen LogP contribution in [0.1, 0.15) is 25.3 Å². The quantitative estimate of drug-likeness (QED) is 0.505. The van der Waals surface area contributed by atoms with Gasteiger partial charge >= 0.3 is 0 Å². The number of thioether (sulfide) groups is 1. The van der Waals surface area contributed by atoms with Gasteiger partial charge in [-0.3, -0.25) is 14.2 Å². The molecule has 4 rings (SSSR count). The number of carbonyl (C=O) groups is 1. The molecule has 0 bridgehead atoms. The molecule has 0 saturated heterocycles. The molecule has 1 saturated carbocycles. The van der Waals surface area contributed by atoms with E-state index >= 15 is 0 Å². The highest BCUT2D eigenvalue weighted by molar-refractivity contribution is 8.00. The number of para-hydroxylation sites is 1. The van der Waals surface area contributed by atoms with Crippen molar-refractivity contribution < 1.29 is 4.79 Å². The number of benzene rings is 2. The van der Waals surface area contributed by atoms with Gasteiger partial charge < -0.3 is 5.32 Å². The number of aromatic nitrogens is 2. The maximum atomic E-state index is 13.3. The Morgan fingerprint density at radius 2 is 2.04 bits per heavy atom. The first-order chi connectivity index (χ1) is 13.4. The average Bonchev–Trinajstić information content (AvgIpc) is 3.46. The van der Waals surface area contributed by atoms with Crippen LogP contribution in [0.2, 0.25) is 5.02 Å². The molecule has 3 aromatic rings. The summed E-state index contributed by atoms with van der Waals surface area (Å²) in [5.41, 5.74) is 2.07. The first kappa shape index (κ1) is 19.0. The van der Waals surface area contributed by atoms with Crippen molar-refractivity contribution >= 4 is 40.2 Å². The van der Waals surface area contributed by atoms with Gasteiger partial charge in [0.2, 0.25) is 5.91 Å². The van der Waals surface area contributed by atoms with E-state index in [1.165, 1.54) is 11.8 Å². The van der Waals surface area contributed by atoms with Crippen molar-refractivity contribution in [2.24, 2.45) is 0 Å². The van der Waals surface area contributed by atoms with E-state index in [0.717, 1.165) is 24.1 Å². The predicted octanol–water partition coefficient (Wildman–Crippen LogP) is 4.11. The van der Waals surface area contributed by atoms with E-state index in [-0.39, 0.29) is 22.8 Å². The molecule has 0 spiro atoms. The zero-order valence-corrected chi connectivity index (χ0v) is 17.2. The van der Waals surface area contributed by atoms with Crippen molar-refractivity contribution in [2.45, 2.75) is 43.1 Å². The monoisotopic (exact) mass is 413 g/mol. The molecule has 1 amide bonds. The number of nitrogens with zero attached hydrogens (tertiary/aromatic N) is 2. The number of hydrogen-bond acceptors (Lipinski definition) is 4. The fourth-order valence-corrected chi connectivity index (χ4v) is 4.10. The summed E-state index contributed by atoms with van der Waals surface area (Å²) >= 11 is 7.39. The van der Waals surface area contributed by atoms with Crippen LogP contribution in [-0.4, -0.2) is 26.8 Å². The van der Waals surface area contributed by atoms with Crippen LogP contribution in [0.3, 0.4) is 0 Å². The van der Waals surface area contributed by atoms with Gasteiger partial charge in [0.05, 0.1) is 21.8 Å². The Bertz CT molecular complexity index is 1120.